The summed E-state index contributed by atoms with van der Waals surface area (Å²) in [5, 5.41) is 0. The number of Topliss-reactive ketones (excluding diaryl/α,β-unsaturated/α-hetero) is 1. The molecule has 0 aromatic carbocycles. The van der Waals surface area contributed by atoms with E-state index < -0.39 is 15.2 Å². The minimum atomic E-state index is -0.821. The van der Waals surface area contributed by atoms with Crippen molar-refractivity contribution in [2.75, 3.05) is 0 Å². The second kappa shape index (κ2) is 8.65. The Kier molecular flexibility index (Phi) is 6.69. The Morgan fingerprint density at radius 1 is 0.690 bits per heavy atom. The highest BCUT2D eigenvalue weighted by molar-refractivity contribution is 6.55. The van der Waals surface area contributed by atoms with E-state index in [2.05, 4.69) is 13.8 Å². The van der Waals surface area contributed by atoms with E-state index in [-0.39, 0.29) is 0 Å². The van der Waals surface area contributed by atoms with Crippen LogP contribution in [0.25, 0.3) is 0 Å². The fourth-order valence-corrected chi connectivity index (χ4v) is 9.15. The van der Waals surface area contributed by atoms with Crippen LogP contribution in [-0.2, 0) is 4.79 Å². The van der Waals surface area contributed by atoms with E-state index >= 15 is 0 Å². The summed E-state index contributed by atoms with van der Waals surface area (Å²) in [4.78, 5) is 13.6. The van der Waals surface area contributed by atoms with Crippen molar-refractivity contribution in [3.8, 4) is 0 Å². The number of hydrogen-bond acceptors (Lipinski definition) is 1. The second-order valence-corrected chi connectivity index (χ2v) is 12.5. The Bertz CT molecular complexity index is 574. The fraction of sp³-hybridized carbons (Fsp3) is 0.962. The van der Waals surface area contributed by atoms with Gasteiger partial charge in [-0.05, 0) is 87.9 Å². The largest absolute Gasteiger partial charge is 0.298 e. The highest BCUT2D eigenvalue weighted by atomic mass is 35.5. The highest BCUT2D eigenvalue weighted by Crippen LogP contribution is 2.74. The van der Waals surface area contributed by atoms with E-state index in [1.807, 2.05) is 0 Å². The van der Waals surface area contributed by atoms with Crippen molar-refractivity contribution in [2.24, 2.45) is 34.5 Å². The maximum atomic E-state index is 13.6. The first-order valence-electron chi connectivity index (χ1n) is 12.8. The fourth-order valence-electron chi connectivity index (χ4n) is 8.05. The third-order valence-electron chi connectivity index (χ3n) is 9.87. The van der Waals surface area contributed by atoms with Crippen LogP contribution in [0.1, 0.15) is 117 Å². The zero-order valence-corrected chi connectivity index (χ0v) is 20.3. The molecule has 0 heterocycles. The van der Waals surface area contributed by atoms with Gasteiger partial charge >= 0.3 is 0 Å². The molecule has 1 nitrogen and oxygen atoms in total. The van der Waals surface area contributed by atoms with Crippen molar-refractivity contribution in [2.45, 2.75) is 121 Å². The molecule has 4 rings (SSSR count). The first kappa shape index (κ1) is 22.4. The maximum absolute atomic E-state index is 13.6. The van der Waals surface area contributed by atoms with Crippen LogP contribution < -0.4 is 0 Å². The predicted octanol–water partition coefficient (Wildman–Crippen LogP) is 8.50. The molecule has 0 N–H and O–H groups in total. The Morgan fingerprint density at radius 3 is 1.55 bits per heavy atom. The van der Waals surface area contributed by atoms with E-state index in [0.29, 0.717) is 5.78 Å². The first-order chi connectivity index (χ1) is 13.9. The molecule has 2 spiro atoms. The van der Waals surface area contributed by atoms with E-state index in [1.165, 1.54) is 64.2 Å². The van der Waals surface area contributed by atoms with Crippen molar-refractivity contribution in [1.29, 1.82) is 0 Å². The van der Waals surface area contributed by atoms with Crippen molar-refractivity contribution in [3.05, 3.63) is 0 Å². The van der Waals surface area contributed by atoms with Crippen LogP contribution in [0.4, 0.5) is 0 Å². The average molecular weight is 442 g/mol. The summed E-state index contributed by atoms with van der Waals surface area (Å²) in [5.41, 5.74) is -0.852. The summed E-state index contributed by atoms with van der Waals surface area (Å²) in [5.74, 6) is 3.89. The van der Waals surface area contributed by atoms with Crippen LogP contribution in [-0.4, -0.2) is 10.1 Å². The monoisotopic (exact) mass is 440 g/mol. The zero-order valence-electron chi connectivity index (χ0n) is 18.8. The summed E-state index contributed by atoms with van der Waals surface area (Å²) in [6.45, 7) is 4.58. The quantitative estimate of drug-likeness (QED) is 0.391. The SMILES string of the molecule is CCCC1CCC([C@H]2CC[C@@]3(CC2)C(=O)[C@]2(CCC(CCC)CC2)C3(Cl)Cl)CC1. The molecule has 4 saturated carbocycles. The highest BCUT2D eigenvalue weighted by Gasteiger charge is 2.79. The van der Waals surface area contributed by atoms with E-state index in [4.69, 9.17) is 23.2 Å². The van der Waals surface area contributed by atoms with Gasteiger partial charge < -0.3 is 0 Å². The molecule has 0 amide bonds. The molecule has 4 aliphatic carbocycles. The third kappa shape index (κ3) is 3.53. The van der Waals surface area contributed by atoms with Crippen molar-refractivity contribution in [3.63, 3.8) is 0 Å². The number of carbonyl (C=O) groups is 1. The summed E-state index contributed by atoms with van der Waals surface area (Å²) < 4.78 is -0.821. The molecule has 0 aliphatic heterocycles. The molecule has 0 saturated heterocycles. The van der Waals surface area contributed by atoms with E-state index in [1.54, 1.807) is 0 Å². The molecule has 4 fully saturated rings. The predicted molar refractivity (Wildman–Crippen MR) is 123 cm³/mol. The maximum Gasteiger partial charge on any atom is 0.151 e. The Balaban J connectivity index is 1.35. The van der Waals surface area contributed by atoms with E-state index in [9.17, 15) is 4.79 Å². The number of carbonyl (C=O) groups excluding carboxylic acids is 1. The van der Waals surface area contributed by atoms with Crippen LogP contribution in [0.3, 0.4) is 0 Å². The second-order valence-electron chi connectivity index (χ2n) is 11.2. The number of rotatable bonds is 5. The lowest BCUT2D eigenvalue weighted by Gasteiger charge is -2.67. The van der Waals surface area contributed by atoms with Crippen LogP contribution in [0.2, 0.25) is 0 Å². The molecule has 3 heteroatoms. The molecule has 166 valence electrons. The molecule has 0 bridgehead atoms. The summed E-state index contributed by atoms with van der Waals surface area (Å²) in [7, 11) is 0. The molecule has 0 radical (unpaired) electrons. The van der Waals surface area contributed by atoms with Crippen LogP contribution in [0.15, 0.2) is 0 Å². The lowest BCUT2D eigenvalue weighted by molar-refractivity contribution is -0.173. The summed E-state index contributed by atoms with van der Waals surface area (Å²) in [6, 6.07) is 0. The Hall–Kier alpha value is 0.250. The lowest BCUT2D eigenvalue weighted by atomic mass is 9.42. The van der Waals surface area contributed by atoms with Crippen LogP contribution in [0.5, 0.6) is 0 Å². The lowest BCUT2D eigenvalue weighted by Crippen LogP contribution is -2.74. The van der Waals surface area contributed by atoms with Crippen LogP contribution >= 0.6 is 23.2 Å². The molecule has 0 atom stereocenters. The van der Waals surface area contributed by atoms with Gasteiger partial charge in [-0.25, -0.2) is 0 Å². The molecular weight excluding hydrogens is 399 g/mol. The number of halogens is 2. The van der Waals surface area contributed by atoms with Gasteiger partial charge in [0.05, 0.1) is 10.8 Å². The minimum absolute atomic E-state index is 0.425. The summed E-state index contributed by atoms with van der Waals surface area (Å²) >= 11 is 14.3. The molecular formula is C26H42Cl2O. The van der Waals surface area contributed by atoms with Gasteiger partial charge in [-0.1, -0.05) is 75.6 Å². The average Bonchev–Trinajstić information content (AvgIpc) is 2.75. The van der Waals surface area contributed by atoms with E-state index in [0.717, 1.165) is 62.2 Å². The molecule has 0 aromatic heterocycles. The summed E-state index contributed by atoms with van der Waals surface area (Å²) in [6.07, 6.45) is 19.3. The molecule has 0 aromatic rings. The van der Waals surface area contributed by atoms with Crippen molar-refractivity contribution in [1.82, 2.24) is 0 Å². The molecule has 4 aliphatic rings. The van der Waals surface area contributed by atoms with Gasteiger partial charge in [0.2, 0.25) is 0 Å². The van der Waals surface area contributed by atoms with Gasteiger partial charge in [0.1, 0.15) is 4.33 Å². The standard InChI is InChI=1S/C26H42Cl2O/c1-3-5-19-7-9-21(10-8-19)22-13-17-25(18-14-22)23(29)24(26(25,27)28)15-11-20(6-4-2)12-16-24/h19-22H,3-18H2,1-2H3/t19?,20?,21?,22-,24-,25+. The van der Waals surface area contributed by atoms with Crippen LogP contribution in [0, 0.1) is 34.5 Å². The van der Waals surface area contributed by atoms with Gasteiger partial charge in [0, 0.05) is 0 Å². The smallest absolute Gasteiger partial charge is 0.151 e. The van der Waals surface area contributed by atoms with Crippen molar-refractivity contribution < 1.29 is 4.79 Å². The number of alkyl halides is 2. The normalized spacial score (nSPS) is 44.8. The van der Waals surface area contributed by atoms with Gasteiger partial charge in [-0.2, -0.15) is 0 Å². The Morgan fingerprint density at radius 2 is 1.10 bits per heavy atom. The zero-order chi connectivity index (χ0) is 20.7. The van der Waals surface area contributed by atoms with Crippen molar-refractivity contribution >= 4 is 29.0 Å². The van der Waals surface area contributed by atoms with Gasteiger partial charge in [0.25, 0.3) is 0 Å². The van der Waals surface area contributed by atoms with Gasteiger partial charge in [-0.15, -0.1) is 0 Å². The minimum Gasteiger partial charge on any atom is -0.298 e. The van der Waals surface area contributed by atoms with Gasteiger partial charge in [-0.3, -0.25) is 4.79 Å². The first-order valence-corrected chi connectivity index (χ1v) is 13.6. The Labute approximate surface area is 189 Å². The third-order valence-corrected chi connectivity index (χ3v) is 11.3. The topological polar surface area (TPSA) is 17.1 Å². The molecule has 29 heavy (non-hydrogen) atoms. The number of hydrogen-bond donors (Lipinski definition) is 0. The van der Waals surface area contributed by atoms with Gasteiger partial charge in [0.15, 0.2) is 5.78 Å². The number of ketones is 1. The molecule has 0 unspecified atom stereocenters.